The smallest absolute Gasteiger partial charge is 0.339 e. The minimum absolute atomic E-state index is 0.0922. The van der Waals surface area contributed by atoms with Crippen LogP contribution in [0.25, 0.3) is 0 Å². The highest BCUT2D eigenvalue weighted by atomic mass is 35.5. The first-order valence-corrected chi connectivity index (χ1v) is 9.64. The molecule has 2 amide bonds. The summed E-state index contributed by atoms with van der Waals surface area (Å²) in [5, 5.41) is 11.5. The van der Waals surface area contributed by atoms with E-state index in [1.54, 1.807) is 38.1 Å². The van der Waals surface area contributed by atoms with Gasteiger partial charge in [0.2, 0.25) is 0 Å². The van der Waals surface area contributed by atoms with Gasteiger partial charge in [-0.1, -0.05) is 30.8 Å². The van der Waals surface area contributed by atoms with E-state index in [9.17, 15) is 14.4 Å². The van der Waals surface area contributed by atoms with Crippen LogP contribution in [-0.2, 0) is 25.5 Å². The molecule has 0 aromatic heterocycles. The van der Waals surface area contributed by atoms with E-state index in [1.165, 1.54) is 13.0 Å². The third kappa shape index (κ3) is 5.93. The molecule has 0 aliphatic carbocycles. The van der Waals surface area contributed by atoms with Crippen molar-refractivity contribution >= 4 is 29.4 Å². The van der Waals surface area contributed by atoms with Crippen molar-refractivity contribution in [3.05, 3.63) is 81.8 Å². The summed E-state index contributed by atoms with van der Waals surface area (Å²) in [4.78, 5) is 35.9. The molecule has 7 nitrogen and oxygen atoms in total. The fraction of sp³-hybridized carbons (Fsp3) is 0.217. The van der Waals surface area contributed by atoms with Crippen LogP contribution < -0.4 is 5.32 Å². The number of hydrogen-bond donors (Lipinski definition) is 1. The molecule has 8 heteroatoms. The second-order valence-corrected chi connectivity index (χ2v) is 7.41. The molecule has 0 saturated heterocycles. The lowest BCUT2D eigenvalue weighted by atomic mass is 9.96. The Morgan fingerprint density at radius 3 is 2.58 bits per heavy atom. The Balaban J connectivity index is 2.14. The van der Waals surface area contributed by atoms with Crippen LogP contribution in [0.15, 0.2) is 65.7 Å². The van der Waals surface area contributed by atoms with Crippen LogP contribution in [-0.4, -0.2) is 23.9 Å². The zero-order chi connectivity index (χ0) is 23.3. The van der Waals surface area contributed by atoms with Gasteiger partial charge in [0.1, 0.15) is 23.2 Å². The summed E-state index contributed by atoms with van der Waals surface area (Å²) in [6.07, 6.45) is 1.28. The second kappa shape index (κ2) is 9.92. The van der Waals surface area contributed by atoms with Gasteiger partial charge in [-0.2, -0.15) is 5.26 Å². The minimum Gasteiger partial charge on any atom is -0.463 e. The Kier molecular flexibility index (Phi) is 7.56. The SMILES string of the molecule is C=C(/C=C1/C(=O)NC(=O)C(C#N)=C1C)OC(=C)Cc1ccc(Cl)c(C(=O)OC(C)C)c1. The molecule has 1 heterocycles. The third-order valence-electron chi connectivity index (χ3n) is 4.17. The van der Waals surface area contributed by atoms with Gasteiger partial charge in [0.25, 0.3) is 11.8 Å². The van der Waals surface area contributed by atoms with E-state index in [-0.39, 0.29) is 45.6 Å². The van der Waals surface area contributed by atoms with Crippen LogP contribution in [0.5, 0.6) is 0 Å². The van der Waals surface area contributed by atoms with Crippen molar-refractivity contribution < 1.29 is 23.9 Å². The van der Waals surface area contributed by atoms with E-state index in [2.05, 4.69) is 18.5 Å². The molecule has 1 aliphatic rings. The molecule has 2 rings (SSSR count). The molecule has 160 valence electrons. The predicted molar refractivity (Wildman–Crippen MR) is 115 cm³/mol. The Morgan fingerprint density at radius 1 is 1.29 bits per heavy atom. The molecule has 1 aliphatic heterocycles. The minimum atomic E-state index is -0.743. The van der Waals surface area contributed by atoms with Gasteiger partial charge in [0.05, 0.1) is 16.7 Å². The molecule has 0 spiro atoms. The maximum Gasteiger partial charge on any atom is 0.339 e. The fourth-order valence-corrected chi connectivity index (χ4v) is 2.97. The highest BCUT2D eigenvalue weighted by molar-refractivity contribution is 6.33. The number of benzene rings is 1. The number of allylic oxidation sites excluding steroid dienone is 2. The van der Waals surface area contributed by atoms with Crippen molar-refractivity contribution in [1.82, 2.24) is 5.32 Å². The normalized spacial score (nSPS) is 14.9. The zero-order valence-electron chi connectivity index (χ0n) is 17.4. The summed E-state index contributed by atoms with van der Waals surface area (Å²) in [7, 11) is 0. The molecule has 1 aromatic rings. The largest absolute Gasteiger partial charge is 0.463 e. The highest BCUT2D eigenvalue weighted by Crippen LogP contribution is 2.24. The predicted octanol–water partition coefficient (Wildman–Crippen LogP) is 3.91. The van der Waals surface area contributed by atoms with Crippen LogP contribution in [0.4, 0.5) is 0 Å². The Morgan fingerprint density at radius 2 is 1.97 bits per heavy atom. The first-order chi connectivity index (χ1) is 14.5. The third-order valence-corrected chi connectivity index (χ3v) is 4.49. The Bertz CT molecular complexity index is 1090. The molecule has 1 aromatic carbocycles. The highest BCUT2D eigenvalue weighted by Gasteiger charge is 2.27. The molecule has 0 radical (unpaired) electrons. The number of rotatable bonds is 7. The lowest BCUT2D eigenvalue weighted by Crippen LogP contribution is -2.37. The maximum atomic E-state index is 12.2. The lowest BCUT2D eigenvalue weighted by molar-refractivity contribution is -0.126. The molecule has 0 unspecified atom stereocenters. The number of carbonyl (C=O) groups is 3. The quantitative estimate of drug-likeness (QED) is 0.298. The average molecular weight is 441 g/mol. The number of hydrogen-bond acceptors (Lipinski definition) is 6. The van der Waals surface area contributed by atoms with Crippen molar-refractivity contribution in [1.29, 1.82) is 5.26 Å². The van der Waals surface area contributed by atoms with Gasteiger partial charge in [-0.15, -0.1) is 0 Å². The number of nitrogens with one attached hydrogen (secondary N) is 1. The molecule has 0 bridgehead atoms. The topological polar surface area (TPSA) is 105 Å². The van der Waals surface area contributed by atoms with E-state index in [4.69, 9.17) is 26.3 Å². The van der Waals surface area contributed by atoms with E-state index in [1.807, 2.05) is 0 Å². The van der Waals surface area contributed by atoms with Gasteiger partial charge in [-0.3, -0.25) is 14.9 Å². The number of nitrogens with zero attached hydrogens (tertiary/aromatic N) is 1. The van der Waals surface area contributed by atoms with Crippen LogP contribution in [0.3, 0.4) is 0 Å². The summed E-state index contributed by atoms with van der Waals surface area (Å²) in [5.41, 5.74) is 1.11. The van der Waals surface area contributed by atoms with Crippen molar-refractivity contribution in [3.8, 4) is 6.07 Å². The monoisotopic (exact) mass is 440 g/mol. The van der Waals surface area contributed by atoms with Gasteiger partial charge < -0.3 is 9.47 Å². The second-order valence-electron chi connectivity index (χ2n) is 7.01. The maximum absolute atomic E-state index is 12.2. The van der Waals surface area contributed by atoms with Crippen LogP contribution in [0.2, 0.25) is 5.02 Å². The van der Waals surface area contributed by atoms with Crippen LogP contribution >= 0.6 is 11.6 Å². The number of imide groups is 1. The van der Waals surface area contributed by atoms with Crippen molar-refractivity contribution in [2.75, 3.05) is 0 Å². The summed E-state index contributed by atoms with van der Waals surface area (Å²) in [6.45, 7) is 12.5. The molecule has 0 saturated carbocycles. The van der Waals surface area contributed by atoms with E-state index in [0.717, 1.165) is 0 Å². The summed E-state index contributed by atoms with van der Waals surface area (Å²) in [5.74, 6) is -1.54. The molecular weight excluding hydrogens is 420 g/mol. The zero-order valence-corrected chi connectivity index (χ0v) is 18.1. The fourth-order valence-electron chi connectivity index (χ4n) is 2.77. The summed E-state index contributed by atoms with van der Waals surface area (Å²) in [6, 6.07) is 6.66. The van der Waals surface area contributed by atoms with Crippen molar-refractivity contribution in [3.63, 3.8) is 0 Å². The van der Waals surface area contributed by atoms with Gasteiger partial charge >= 0.3 is 5.97 Å². The van der Waals surface area contributed by atoms with Crippen LogP contribution in [0.1, 0.15) is 36.7 Å². The van der Waals surface area contributed by atoms with E-state index >= 15 is 0 Å². The molecule has 0 atom stereocenters. The van der Waals surface area contributed by atoms with Gasteiger partial charge in [0, 0.05) is 12.0 Å². The lowest BCUT2D eigenvalue weighted by Gasteiger charge is -2.17. The number of halogens is 1. The first-order valence-electron chi connectivity index (χ1n) is 9.26. The standard InChI is InChI=1S/C23H21ClN2O5/c1-12(2)30-23(29)18-10-16(6-7-20(18)24)8-13(3)31-14(4)9-17-15(5)19(11-25)22(28)26-21(17)27/h6-7,9-10,12H,3-4,8H2,1-2,5H3,(H,26,27,28)/b17-9+. The van der Waals surface area contributed by atoms with Crippen molar-refractivity contribution in [2.45, 2.75) is 33.3 Å². The summed E-state index contributed by atoms with van der Waals surface area (Å²) >= 11 is 6.10. The van der Waals surface area contributed by atoms with Gasteiger partial charge in [-0.05, 0) is 50.1 Å². The number of amides is 2. The number of carbonyl (C=O) groups excluding carboxylic acids is 3. The molecule has 0 fully saturated rings. The molecule has 1 N–H and O–H groups in total. The summed E-state index contributed by atoms with van der Waals surface area (Å²) < 4.78 is 10.7. The van der Waals surface area contributed by atoms with E-state index in [0.29, 0.717) is 11.3 Å². The number of esters is 1. The van der Waals surface area contributed by atoms with Gasteiger partial charge in [-0.25, -0.2) is 4.79 Å². The first kappa shape index (κ1) is 23.6. The van der Waals surface area contributed by atoms with E-state index < -0.39 is 17.8 Å². The van der Waals surface area contributed by atoms with Crippen molar-refractivity contribution in [2.24, 2.45) is 0 Å². The molecule has 31 heavy (non-hydrogen) atoms. The number of ether oxygens (including phenoxy) is 2. The Hall–Kier alpha value is -3.63. The number of nitriles is 1. The van der Waals surface area contributed by atoms with Crippen LogP contribution in [0, 0.1) is 11.3 Å². The molecular formula is C23H21ClN2O5. The Labute approximate surface area is 185 Å². The van der Waals surface area contributed by atoms with Gasteiger partial charge in [0.15, 0.2) is 0 Å². The average Bonchev–Trinajstić information content (AvgIpc) is 2.66.